The van der Waals surface area contributed by atoms with Gasteiger partial charge >= 0.3 is 18.4 Å². The summed E-state index contributed by atoms with van der Waals surface area (Å²) in [5.41, 5.74) is 0.637. The first kappa shape index (κ1) is 40.6. The van der Waals surface area contributed by atoms with Gasteiger partial charge in [-0.2, -0.15) is 0 Å². The smallest absolute Gasteiger partial charge is 0.460 e. The zero-order valence-corrected chi connectivity index (χ0v) is 29.3. The largest absolute Gasteiger partial charge is 0.573 e. The second-order valence-electron chi connectivity index (χ2n) is 12.8. The molecule has 3 amide bonds. The molecule has 3 N–H and O–H groups in total. The third-order valence-corrected chi connectivity index (χ3v) is 8.37. The summed E-state index contributed by atoms with van der Waals surface area (Å²) in [6, 6.07) is 3.41. The van der Waals surface area contributed by atoms with Crippen LogP contribution < -0.4 is 15.4 Å². The minimum Gasteiger partial charge on any atom is -0.460 e. The van der Waals surface area contributed by atoms with Gasteiger partial charge in [0.05, 0.1) is 19.1 Å². The zero-order valence-electron chi connectivity index (χ0n) is 29.3. The van der Waals surface area contributed by atoms with Crippen molar-refractivity contribution < 1.29 is 60.5 Å². The number of fused-ring (bicyclic) bond motifs is 3. The molecule has 0 saturated carbocycles. The van der Waals surface area contributed by atoms with Gasteiger partial charge in [-0.15, -0.1) is 13.2 Å². The van der Waals surface area contributed by atoms with Crippen molar-refractivity contribution in [3.05, 3.63) is 78.1 Å². The molecule has 2 aliphatic rings. The Hall–Kier alpha value is -5.19. The van der Waals surface area contributed by atoms with Crippen molar-refractivity contribution in [2.24, 2.45) is 11.8 Å². The Balaban J connectivity index is 1.50. The summed E-state index contributed by atoms with van der Waals surface area (Å²) in [6.07, 6.45) is -0.551. The molecule has 2 bridgehead atoms. The lowest BCUT2D eigenvalue weighted by Gasteiger charge is -2.30. The molecule has 1 fully saturated rings. The van der Waals surface area contributed by atoms with Crippen LogP contribution in [0.15, 0.2) is 70.9 Å². The molecule has 0 spiro atoms. The molecule has 1 saturated heterocycles. The molecule has 288 valence electrons. The van der Waals surface area contributed by atoms with E-state index in [0.717, 1.165) is 18.4 Å². The number of aliphatic hydroxyl groups is 1. The molecule has 0 aliphatic carbocycles. The van der Waals surface area contributed by atoms with Crippen molar-refractivity contribution in [3.63, 3.8) is 0 Å². The lowest BCUT2D eigenvalue weighted by molar-refractivity contribution is -0.274. The van der Waals surface area contributed by atoms with Gasteiger partial charge in [-0.05, 0) is 50.1 Å². The van der Waals surface area contributed by atoms with Gasteiger partial charge in [-0.1, -0.05) is 43.7 Å². The standard InChI is InChI=1S/C36H42F4N4O9/c1-21-6-4-14-41-30(46)13-8-22(2)32(23(3)19-51-35(49)42-25-9-11-27(12-10-25)53-36(38,39)40)52-34(48)29-7-5-15-44(29)33(47)28-20-50-31(43-28)18-24(37)17-26(45)16-21/h4,6,8-13,16,20,22-24,26,29,32,45H,5,7,14-15,17-19H2,1-3H3,(H,41,46)(H,42,49)/b6-4?,13-8+,21-16?/t22-,23+,24-,26-,29-,32+/m1/s1. The van der Waals surface area contributed by atoms with Gasteiger partial charge in [0.15, 0.2) is 11.6 Å². The van der Waals surface area contributed by atoms with E-state index >= 15 is 0 Å². The quantitative estimate of drug-likeness (QED) is 0.265. The first-order valence-electron chi connectivity index (χ1n) is 17.0. The van der Waals surface area contributed by atoms with E-state index in [4.69, 9.17) is 13.9 Å². The number of benzene rings is 1. The number of esters is 1. The van der Waals surface area contributed by atoms with Crippen LogP contribution in [0.1, 0.15) is 56.4 Å². The lowest BCUT2D eigenvalue weighted by atomic mass is 9.93. The number of halogens is 4. The van der Waals surface area contributed by atoms with E-state index in [0.29, 0.717) is 12.0 Å². The Morgan fingerprint density at radius 1 is 1.19 bits per heavy atom. The van der Waals surface area contributed by atoms with Gasteiger partial charge in [0.25, 0.3) is 5.91 Å². The Kier molecular flexibility index (Phi) is 14.2. The zero-order chi connectivity index (χ0) is 38.7. The SMILES string of the molecule is CC1=C[C@@H](O)C[C@@H](F)Cc2nc(co2)C(=O)N2CCC[C@@H]2C(=O)O[C@H]([C@@H](C)COC(=O)Nc2ccc(OC(F)(F)F)cc2)[C@H](C)/C=C/C(=O)NCC=C1. The number of carbonyl (C=O) groups excluding carboxylic acids is 4. The summed E-state index contributed by atoms with van der Waals surface area (Å²) in [4.78, 5) is 57.7. The van der Waals surface area contributed by atoms with Crippen molar-refractivity contribution >= 4 is 29.6 Å². The Bertz CT molecular complexity index is 1680. The van der Waals surface area contributed by atoms with Crippen molar-refractivity contribution in [2.45, 2.75) is 77.2 Å². The summed E-state index contributed by atoms with van der Waals surface area (Å²) in [5.74, 6) is -3.60. The van der Waals surface area contributed by atoms with Gasteiger partial charge in [-0.25, -0.2) is 19.0 Å². The maximum absolute atomic E-state index is 14.8. The van der Waals surface area contributed by atoms with Gasteiger partial charge in [0.2, 0.25) is 5.91 Å². The summed E-state index contributed by atoms with van der Waals surface area (Å²) >= 11 is 0. The number of allylic oxidation sites excluding steroid dienone is 2. The highest BCUT2D eigenvalue weighted by Gasteiger charge is 2.39. The lowest BCUT2D eigenvalue weighted by Crippen LogP contribution is -2.44. The fourth-order valence-corrected chi connectivity index (χ4v) is 5.83. The minimum absolute atomic E-state index is 0.0490. The molecular formula is C36H42F4N4O9. The molecule has 13 nitrogen and oxygen atoms in total. The van der Waals surface area contributed by atoms with Gasteiger partial charge in [0.1, 0.15) is 30.3 Å². The summed E-state index contributed by atoms with van der Waals surface area (Å²) in [7, 11) is 0. The number of hydrogen-bond donors (Lipinski definition) is 3. The second-order valence-corrected chi connectivity index (χ2v) is 12.8. The number of aliphatic hydroxyl groups excluding tert-OH is 1. The van der Waals surface area contributed by atoms with Crippen LogP contribution in [0, 0.1) is 11.8 Å². The summed E-state index contributed by atoms with van der Waals surface area (Å²) in [5, 5.41) is 15.4. The number of cyclic esters (lactones) is 1. The Morgan fingerprint density at radius 2 is 1.92 bits per heavy atom. The van der Waals surface area contributed by atoms with Crippen LogP contribution in [0.4, 0.5) is 28.0 Å². The number of oxazole rings is 1. The number of rotatable bonds is 5. The Labute approximate surface area is 303 Å². The number of nitrogens with zero attached hydrogens (tertiary/aromatic N) is 2. The van der Waals surface area contributed by atoms with Crippen molar-refractivity contribution in [2.75, 3.05) is 25.0 Å². The number of ether oxygens (including phenoxy) is 3. The van der Waals surface area contributed by atoms with Crippen molar-refractivity contribution in [3.8, 4) is 5.75 Å². The van der Waals surface area contributed by atoms with Crippen molar-refractivity contribution in [1.82, 2.24) is 15.2 Å². The topological polar surface area (TPSA) is 170 Å². The molecule has 2 aromatic rings. The van der Waals surface area contributed by atoms with Gasteiger partial charge in [-0.3, -0.25) is 14.9 Å². The number of amides is 3. The van der Waals surface area contributed by atoms with E-state index in [1.165, 1.54) is 35.3 Å². The summed E-state index contributed by atoms with van der Waals surface area (Å²) < 4.78 is 72.7. The van der Waals surface area contributed by atoms with Crippen LogP contribution in [-0.4, -0.2) is 89.3 Å². The third-order valence-electron chi connectivity index (χ3n) is 8.37. The van der Waals surface area contributed by atoms with E-state index in [2.05, 4.69) is 20.4 Å². The monoisotopic (exact) mass is 750 g/mol. The molecule has 0 radical (unpaired) electrons. The highest BCUT2D eigenvalue weighted by molar-refractivity contribution is 5.95. The predicted octanol–water partition coefficient (Wildman–Crippen LogP) is 5.43. The van der Waals surface area contributed by atoms with E-state index in [1.807, 2.05) is 0 Å². The molecule has 17 heteroatoms. The number of nitrogens with one attached hydrogen (secondary N) is 2. The van der Waals surface area contributed by atoms with E-state index in [-0.39, 0.29) is 56.2 Å². The van der Waals surface area contributed by atoms with Crippen LogP contribution in [0.2, 0.25) is 0 Å². The first-order valence-corrected chi connectivity index (χ1v) is 17.0. The molecule has 3 heterocycles. The van der Waals surface area contributed by atoms with E-state index < -0.39 is 72.2 Å². The van der Waals surface area contributed by atoms with Crippen molar-refractivity contribution in [1.29, 1.82) is 0 Å². The van der Waals surface area contributed by atoms with Gasteiger partial charge in [0, 0.05) is 37.0 Å². The van der Waals surface area contributed by atoms with Gasteiger partial charge < -0.3 is 34.0 Å². The molecule has 1 aromatic heterocycles. The number of anilines is 1. The van der Waals surface area contributed by atoms with E-state index in [1.54, 1.807) is 32.9 Å². The average Bonchev–Trinajstić information content (AvgIpc) is 3.77. The molecule has 0 unspecified atom stereocenters. The van der Waals surface area contributed by atoms with Crippen LogP contribution in [0.3, 0.4) is 0 Å². The highest BCUT2D eigenvalue weighted by Crippen LogP contribution is 2.27. The van der Waals surface area contributed by atoms with E-state index in [9.17, 15) is 41.8 Å². The highest BCUT2D eigenvalue weighted by atomic mass is 19.4. The molecule has 4 rings (SSSR count). The third kappa shape index (κ3) is 12.8. The fraction of sp³-hybridized carbons (Fsp3) is 0.472. The number of alkyl halides is 4. The van der Waals surface area contributed by atoms with Crippen LogP contribution >= 0.6 is 0 Å². The Morgan fingerprint density at radius 3 is 2.64 bits per heavy atom. The molecule has 6 atom stereocenters. The van der Waals surface area contributed by atoms with Crippen LogP contribution in [0.5, 0.6) is 5.75 Å². The molecule has 1 aromatic carbocycles. The number of aromatic nitrogens is 1. The number of carbonyl (C=O) groups is 4. The second kappa shape index (κ2) is 18.5. The summed E-state index contributed by atoms with van der Waals surface area (Å²) in [6.45, 7) is 5.12. The molecule has 2 aliphatic heterocycles. The predicted molar refractivity (Wildman–Crippen MR) is 181 cm³/mol. The maximum Gasteiger partial charge on any atom is 0.573 e. The first-order chi connectivity index (χ1) is 25.1. The molecule has 53 heavy (non-hydrogen) atoms. The molecular weight excluding hydrogens is 708 g/mol. The number of hydrogen-bond acceptors (Lipinski definition) is 10. The van der Waals surface area contributed by atoms with Crippen LogP contribution in [-0.2, 0) is 25.5 Å². The average molecular weight is 751 g/mol. The fourth-order valence-electron chi connectivity index (χ4n) is 5.83. The minimum atomic E-state index is -4.88. The van der Waals surface area contributed by atoms with Crippen LogP contribution in [0.25, 0.3) is 0 Å². The normalized spacial score (nSPS) is 25.0. The maximum atomic E-state index is 14.8.